The van der Waals surface area contributed by atoms with Gasteiger partial charge in [0.05, 0.1) is 13.2 Å². The number of carbonyl (C=O) groups excluding carboxylic acids is 1. The predicted octanol–water partition coefficient (Wildman–Crippen LogP) is 1.08. The molecular formula is C17H26N4O2. The van der Waals surface area contributed by atoms with Crippen molar-refractivity contribution in [2.75, 3.05) is 58.4 Å². The molecule has 6 nitrogen and oxygen atoms in total. The van der Waals surface area contributed by atoms with Crippen LogP contribution in [-0.2, 0) is 4.74 Å². The molecule has 1 aromatic rings. The van der Waals surface area contributed by atoms with Crippen molar-refractivity contribution in [3.8, 4) is 0 Å². The molecule has 0 radical (unpaired) electrons. The molecule has 0 unspecified atom stereocenters. The quantitative estimate of drug-likeness (QED) is 0.835. The fourth-order valence-corrected chi connectivity index (χ4v) is 3.27. The zero-order valence-electron chi connectivity index (χ0n) is 14.1. The van der Waals surface area contributed by atoms with Gasteiger partial charge in [-0.15, -0.1) is 0 Å². The second-order valence-corrected chi connectivity index (χ2v) is 6.45. The molecule has 2 aliphatic rings. The van der Waals surface area contributed by atoms with E-state index in [4.69, 9.17) is 4.74 Å². The molecule has 0 aromatic carbocycles. The summed E-state index contributed by atoms with van der Waals surface area (Å²) in [4.78, 5) is 23.6. The van der Waals surface area contributed by atoms with Gasteiger partial charge in [0.25, 0.3) is 5.91 Å². The number of ether oxygens (including phenoxy) is 1. The molecule has 0 bridgehead atoms. The van der Waals surface area contributed by atoms with Gasteiger partial charge in [0, 0.05) is 37.9 Å². The van der Waals surface area contributed by atoms with Crippen LogP contribution in [0.15, 0.2) is 18.3 Å². The lowest BCUT2D eigenvalue weighted by molar-refractivity contribution is 0.0659. The van der Waals surface area contributed by atoms with Gasteiger partial charge in [-0.2, -0.15) is 0 Å². The van der Waals surface area contributed by atoms with Gasteiger partial charge < -0.3 is 19.4 Å². The number of likely N-dealkylation sites (tertiary alicyclic amines) is 1. The Morgan fingerprint density at radius 2 is 1.96 bits per heavy atom. The van der Waals surface area contributed by atoms with Gasteiger partial charge in [0.15, 0.2) is 0 Å². The van der Waals surface area contributed by atoms with Crippen molar-refractivity contribution in [3.05, 3.63) is 23.9 Å². The van der Waals surface area contributed by atoms with E-state index in [0.29, 0.717) is 6.04 Å². The average molecular weight is 318 g/mol. The van der Waals surface area contributed by atoms with Crippen LogP contribution in [0.25, 0.3) is 0 Å². The first-order chi connectivity index (χ1) is 11.1. The Morgan fingerprint density at radius 3 is 2.65 bits per heavy atom. The van der Waals surface area contributed by atoms with E-state index in [-0.39, 0.29) is 5.91 Å². The number of piperidine rings is 1. The molecule has 23 heavy (non-hydrogen) atoms. The van der Waals surface area contributed by atoms with Gasteiger partial charge >= 0.3 is 0 Å². The zero-order chi connectivity index (χ0) is 16.2. The molecule has 0 atom stereocenters. The lowest BCUT2D eigenvalue weighted by Crippen LogP contribution is -2.44. The van der Waals surface area contributed by atoms with E-state index >= 15 is 0 Å². The lowest BCUT2D eigenvalue weighted by atomic mass is 10.0. The van der Waals surface area contributed by atoms with Crippen LogP contribution in [-0.4, -0.2) is 80.2 Å². The molecule has 0 spiro atoms. The highest BCUT2D eigenvalue weighted by Crippen LogP contribution is 2.19. The van der Waals surface area contributed by atoms with Crippen LogP contribution >= 0.6 is 0 Å². The fraction of sp³-hybridized carbons (Fsp3) is 0.647. The average Bonchev–Trinajstić information content (AvgIpc) is 2.62. The molecule has 0 N–H and O–H groups in total. The Kier molecular flexibility index (Phi) is 5.13. The number of rotatable bonds is 3. The van der Waals surface area contributed by atoms with Gasteiger partial charge in [-0.05, 0) is 45.1 Å². The van der Waals surface area contributed by atoms with Gasteiger partial charge in [0.1, 0.15) is 5.82 Å². The summed E-state index contributed by atoms with van der Waals surface area (Å²) in [6.07, 6.45) is 3.82. The summed E-state index contributed by atoms with van der Waals surface area (Å²) >= 11 is 0. The topological polar surface area (TPSA) is 48.9 Å². The number of aromatic nitrogens is 1. The summed E-state index contributed by atoms with van der Waals surface area (Å²) in [5, 5.41) is 0. The summed E-state index contributed by atoms with van der Waals surface area (Å²) in [6.45, 7) is 5.20. The van der Waals surface area contributed by atoms with Crippen LogP contribution in [0.3, 0.4) is 0 Å². The van der Waals surface area contributed by atoms with Crippen molar-refractivity contribution in [1.29, 1.82) is 0 Å². The maximum Gasteiger partial charge on any atom is 0.254 e. The molecule has 2 aliphatic heterocycles. The van der Waals surface area contributed by atoms with E-state index in [1.54, 1.807) is 6.20 Å². The summed E-state index contributed by atoms with van der Waals surface area (Å²) in [7, 11) is 4.06. The smallest absolute Gasteiger partial charge is 0.254 e. The van der Waals surface area contributed by atoms with Crippen molar-refractivity contribution in [2.45, 2.75) is 18.9 Å². The third kappa shape index (κ3) is 3.82. The van der Waals surface area contributed by atoms with Crippen LogP contribution in [0.5, 0.6) is 0 Å². The van der Waals surface area contributed by atoms with Crippen molar-refractivity contribution >= 4 is 11.7 Å². The number of hydrogen-bond donors (Lipinski definition) is 0. The minimum Gasteiger partial charge on any atom is -0.378 e. The molecule has 3 heterocycles. The second-order valence-electron chi connectivity index (χ2n) is 6.45. The molecule has 0 saturated carbocycles. The standard InChI is InChI=1S/C17H26N4O2/c1-19-7-4-15(5-8-19)20(2)17(22)14-3-6-18-16(13-14)21-9-11-23-12-10-21/h3,6,13,15H,4-5,7-12H2,1-2H3. The number of hydrogen-bond acceptors (Lipinski definition) is 5. The van der Waals surface area contributed by atoms with E-state index in [1.807, 2.05) is 24.1 Å². The normalized spacial score (nSPS) is 20.5. The van der Waals surface area contributed by atoms with Gasteiger partial charge in [-0.1, -0.05) is 0 Å². The SMILES string of the molecule is CN1CCC(N(C)C(=O)c2ccnc(N3CCOCC3)c2)CC1. The monoisotopic (exact) mass is 318 g/mol. The van der Waals surface area contributed by atoms with Crippen LogP contribution in [0.2, 0.25) is 0 Å². The number of amides is 1. The molecule has 2 fully saturated rings. The molecule has 126 valence electrons. The Labute approximate surface area is 138 Å². The second kappa shape index (κ2) is 7.27. The molecule has 2 saturated heterocycles. The first kappa shape index (κ1) is 16.2. The third-order valence-electron chi connectivity index (χ3n) is 4.88. The Hall–Kier alpha value is -1.66. The van der Waals surface area contributed by atoms with Crippen molar-refractivity contribution in [1.82, 2.24) is 14.8 Å². The third-order valence-corrected chi connectivity index (χ3v) is 4.88. The minimum atomic E-state index is 0.0939. The first-order valence-corrected chi connectivity index (χ1v) is 8.39. The summed E-state index contributed by atoms with van der Waals surface area (Å²) in [5.74, 6) is 0.965. The number of nitrogens with zero attached hydrogens (tertiary/aromatic N) is 4. The van der Waals surface area contributed by atoms with Gasteiger partial charge in [-0.25, -0.2) is 4.98 Å². The van der Waals surface area contributed by atoms with E-state index < -0.39 is 0 Å². The van der Waals surface area contributed by atoms with Gasteiger partial charge in [-0.3, -0.25) is 4.79 Å². The highest BCUT2D eigenvalue weighted by atomic mass is 16.5. The Bertz CT molecular complexity index is 537. The summed E-state index contributed by atoms with van der Waals surface area (Å²) in [6, 6.07) is 4.07. The first-order valence-electron chi connectivity index (χ1n) is 8.39. The van der Waals surface area contributed by atoms with Crippen LogP contribution < -0.4 is 4.90 Å². The molecule has 1 amide bonds. The summed E-state index contributed by atoms with van der Waals surface area (Å²) < 4.78 is 5.38. The Morgan fingerprint density at radius 1 is 1.26 bits per heavy atom. The number of anilines is 1. The van der Waals surface area contributed by atoms with E-state index in [9.17, 15) is 4.79 Å². The molecule has 0 aliphatic carbocycles. The van der Waals surface area contributed by atoms with Crippen molar-refractivity contribution in [2.24, 2.45) is 0 Å². The zero-order valence-corrected chi connectivity index (χ0v) is 14.1. The summed E-state index contributed by atoms with van der Waals surface area (Å²) in [5.41, 5.74) is 0.725. The van der Waals surface area contributed by atoms with Gasteiger partial charge in [0.2, 0.25) is 0 Å². The lowest BCUT2D eigenvalue weighted by Gasteiger charge is -2.35. The van der Waals surface area contributed by atoms with E-state index in [1.165, 1.54) is 0 Å². The molecule has 1 aromatic heterocycles. The maximum absolute atomic E-state index is 12.8. The fourth-order valence-electron chi connectivity index (χ4n) is 3.27. The number of morpholine rings is 1. The highest BCUT2D eigenvalue weighted by Gasteiger charge is 2.25. The maximum atomic E-state index is 12.8. The number of carbonyl (C=O) groups is 1. The largest absolute Gasteiger partial charge is 0.378 e. The number of pyridine rings is 1. The molecule has 3 rings (SSSR count). The molecule has 6 heteroatoms. The van der Waals surface area contributed by atoms with Crippen LogP contribution in [0.4, 0.5) is 5.82 Å². The molecular weight excluding hydrogens is 292 g/mol. The minimum absolute atomic E-state index is 0.0939. The van der Waals surface area contributed by atoms with Crippen molar-refractivity contribution in [3.63, 3.8) is 0 Å². The van der Waals surface area contributed by atoms with E-state index in [0.717, 1.165) is 63.6 Å². The van der Waals surface area contributed by atoms with E-state index in [2.05, 4.69) is 21.8 Å². The van der Waals surface area contributed by atoms with Crippen LogP contribution in [0, 0.1) is 0 Å². The predicted molar refractivity (Wildman–Crippen MR) is 89.9 cm³/mol. The highest BCUT2D eigenvalue weighted by molar-refractivity contribution is 5.94. The van der Waals surface area contributed by atoms with Crippen LogP contribution in [0.1, 0.15) is 23.2 Å². The Balaban J connectivity index is 1.69. The van der Waals surface area contributed by atoms with Crippen molar-refractivity contribution < 1.29 is 9.53 Å².